The molecule has 0 fully saturated rings. The molecule has 0 radical (unpaired) electrons. The summed E-state index contributed by atoms with van der Waals surface area (Å²) in [7, 11) is 0. The van der Waals surface area contributed by atoms with E-state index in [-0.39, 0.29) is 17.7 Å². The number of carbonyl (C=O) groups excluding carboxylic acids is 2. The van der Waals surface area contributed by atoms with Gasteiger partial charge in [-0.05, 0) is 43.5 Å². The van der Waals surface area contributed by atoms with Gasteiger partial charge in [-0.2, -0.15) is 0 Å². The predicted octanol–water partition coefficient (Wildman–Crippen LogP) is 3.18. The van der Waals surface area contributed by atoms with Crippen LogP contribution in [0, 0.1) is 0 Å². The quantitative estimate of drug-likeness (QED) is 0.629. The number of Topliss-reactive ketones (excluding diaryl/α,β-unsaturated/α-hetero) is 1. The molecular formula is C15H18ClNO2. The van der Waals surface area contributed by atoms with Crippen LogP contribution in [0.3, 0.4) is 0 Å². The van der Waals surface area contributed by atoms with Gasteiger partial charge in [0.25, 0.3) is 0 Å². The number of benzene rings is 1. The number of anilines is 1. The average molecular weight is 280 g/mol. The second-order valence-corrected chi connectivity index (χ2v) is 5.55. The minimum atomic E-state index is -0.471. The zero-order chi connectivity index (χ0) is 14.2. The molecule has 102 valence electrons. The Kier molecular flexibility index (Phi) is 3.95. The Hall–Kier alpha value is -1.35. The predicted molar refractivity (Wildman–Crippen MR) is 77.0 cm³/mol. The summed E-state index contributed by atoms with van der Waals surface area (Å²) >= 11 is 5.99. The largest absolute Gasteiger partial charge is 0.309 e. The third-order valence-corrected chi connectivity index (χ3v) is 4.07. The van der Waals surface area contributed by atoms with E-state index in [2.05, 4.69) is 0 Å². The molecule has 0 N–H and O–H groups in total. The summed E-state index contributed by atoms with van der Waals surface area (Å²) in [6.07, 6.45) is 1.41. The molecule has 19 heavy (non-hydrogen) atoms. The van der Waals surface area contributed by atoms with Crippen molar-refractivity contribution in [1.82, 2.24) is 0 Å². The van der Waals surface area contributed by atoms with Crippen molar-refractivity contribution in [3.05, 3.63) is 29.3 Å². The maximum atomic E-state index is 12.1. The number of halogens is 1. The second kappa shape index (κ2) is 5.33. The second-order valence-electron chi connectivity index (χ2n) is 5.03. The Labute approximate surface area is 118 Å². The monoisotopic (exact) mass is 279 g/mol. The minimum Gasteiger partial charge on any atom is -0.309 e. The molecule has 1 aromatic carbocycles. The first-order chi connectivity index (χ1) is 8.95. The first-order valence-corrected chi connectivity index (χ1v) is 7.00. The lowest BCUT2D eigenvalue weighted by Crippen LogP contribution is -2.33. The number of nitrogens with zero attached hydrogens (tertiary/aromatic N) is 1. The van der Waals surface area contributed by atoms with Gasteiger partial charge in [-0.15, -0.1) is 11.6 Å². The summed E-state index contributed by atoms with van der Waals surface area (Å²) in [6, 6.07) is 5.64. The van der Waals surface area contributed by atoms with E-state index in [1.165, 1.54) is 0 Å². The highest BCUT2D eigenvalue weighted by Crippen LogP contribution is 2.33. The Morgan fingerprint density at radius 3 is 2.74 bits per heavy atom. The molecule has 1 amide bonds. The van der Waals surface area contributed by atoms with Crippen LogP contribution in [0.4, 0.5) is 5.69 Å². The first kappa shape index (κ1) is 14.1. The molecule has 0 saturated heterocycles. The van der Waals surface area contributed by atoms with Crippen molar-refractivity contribution in [2.75, 3.05) is 4.90 Å². The lowest BCUT2D eigenvalue weighted by atomic mass is 10.0. The van der Waals surface area contributed by atoms with E-state index >= 15 is 0 Å². The maximum absolute atomic E-state index is 12.1. The van der Waals surface area contributed by atoms with E-state index in [0.29, 0.717) is 12.0 Å². The van der Waals surface area contributed by atoms with Gasteiger partial charge in [0.2, 0.25) is 5.91 Å². The third-order valence-electron chi connectivity index (χ3n) is 3.56. The van der Waals surface area contributed by atoms with E-state index in [0.717, 1.165) is 17.7 Å². The van der Waals surface area contributed by atoms with Crippen LogP contribution in [0.2, 0.25) is 0 Å². The molecule has 2 unspecified atom stereocenters. The van der Waals surface area contributed by atoms with Crippen LogP contribution < -0.4 is 4.90 Å². The summed E-state index contributed by atoms with van der Waals surface area (Å²) in [4.78, 5) is 25.5. The SMILES string of the molecule is CCC(Cl)C(=O)c1ccc2c(c1)CC(C)N2C(C)=O. The number of amides is 1. The first-order valence-electron chi connectivity index (χ1n) is 6.56. The minimum absolute atomic E-state index is 0.0362. The van der Waals surface area contributed by atoms with Crippen LogP contribution in [0.1, 0.15) is 43.1 Å². The zero-order valence-electron chi connectivity index (χ0n) is 11.4. The lowest BCUT2D eigenvalue weighted by molar-refractivity contribution is -0.116. The summed E-state index contributed by atoms with van der Waals surface area (Å²) < 4.78 is 0. The van der Waals surface area contributed by atoms with Crippen molar-refractivity contribution >= 4 is 29.0 Å². The number of alkyl halides is 1. The fourth-order valence-corrected chi connectivity index (χ4v) is 2.76. The molecule has 1 heterocycles. The molecular weight excluding hydrogens is 262 g/mol. The number of ketones is 1. The van der Waals surface area contributed by atoms with Gasteiger partial charge in [-0.1, -0.05) is 6.92 Å². The van der Waals surface area contributed by atoms with Gasteiger partial charge in [-0.25, -0.2) is 0 Å². The van der Waals surface area contributed by atoms with Gasteiger partial charge in [0.1, 0.15) is 0 Å². The van der Waals surface area contributed by atoms with Crippen molar-refractivity contribution in [1.29, 1.82) is 0 Å². The normalized spacial score (nSPS) is 19.2. The van der Waals surface area contributed by atoms with Crippen molar-refractivity contribution in [2.45, 2.75) is 45.0 Å². The van der Waals surface area contributed by atoms with E-state index in [1.807, 2.05) is 26.0 Å². The molecule has 1 aromatic rings. The topological polar surface area (TPSA) is 37.4 Å². The summed E-state index contributed by atoms with van der Waals surface area (Å²) in [6.45, 7) is 5.47. The standard InChI is InChI=1S/C15H18ClNO2/c1-4-13(16)15(19)11-5-6-14-12(8-11)7-9(2)17(14)10(3)18/h5-6,8-9,13H,4,7H2,1-3H3. The molecule has 0 bridgehead atoms. The lowest BCUT2D eigenvalue weighted by Gasteiger charge is -2.20. The smallest absolute Gasteiger partial charge is 0.224 e. The van der Waals surface area contributed by atoms with E-state index in [4.69, 9.17) is 11.6 Å². The molecule has 2 rings (SSSR count). The molecule has 0 saturated carbocycles. The van der Waals surface area contributed by atoms with Crippen molar-refractivity contribution in [3.8, 4) is 0 Å². The Balaban J connectivity index is 2.35. The van der Waals surface area contributed by atoms with Crippen LogP contribution in [0.5, 0.6) is 0 Å². The van der Waals surface area contributed by atoms with Gasteiger partial charge in [0.05, 0.1) is 5.38 Å². The Bertz CT molecular complexity index is 527. The summed E-state index contributed by atoms with van der Waals surface area (Å²) in [5, 5.41) is -0.471. The zero-order valence-corrected chi connectivity index (χ0v) is 12.2. The van der Waals surface area contributed by atoms with E-state index in [1.54, 1.807) is 17.9 Å². The number of hydrogen-bond acceptors (Lipinski definition) is 2. The third kappa shape index (κ3) is 2.52. The summed E-state index contributed by atoms with van der Waals surface area (Å²) in [5.41, 5.74) is 2.60. The van der Waals surface area contributed by atoms with Gasteiger partial charge in [0.15, 0.2) is 5.78 Å². The van der Waals surface area contributed by atoms with Crippen LogP contribution in [-0.2, 0) is 11.2 Å². The Morgan fingerprint density at radius 1 is 1.47 bits per heavy atom. The molecule has 0 aliphatic carbocycles. The molecule has 4 heteroatoms. The fraction of sp³-hybridized carbons (Fsp3) is 0.467. The fourth-order valence-electron chi connectivity index (χ4n) is 2.63. The van der Waals surface area contributed by atoms with Crippen LogP contribution in [0.25, 0.3) is 0 Å². The Morgan fingerprint density at radius 2 is 2.16 bits per heavy atom. The molecule has 0 spiro atoms. The molecule has 1 aliphatic heterocycles. The van der Waals surface area contributed by atoms with Crippen LogP contribution >= 0.6 is 11.6 Å². The maximum Gasteiger partial charge on any atom is 0.224 e. The molecule has 3 nitrogen and oxygen atoms in total. The highest BCUT2D eigenvalue weighted by atomic mass is 35.5. The van der Waals surface area contributed by atoms with Gasteiger partial charge >= 0.3 is 0 Å². The highest BCUT2D eigenvalue weighted by molar-refractivity contribution is 6.33. The average Bonchev–Trinajstić information content (AvgIpc) is 2.71. The van der Waals surface area contributed by atoms with E-state index < -0.39 is 5.38 Å². The van der Waals surface area contributed by atoms with Crippen molar-refractivity contribution in [2.24, 2.45) is 0 Å². The molecule has 0 aromatic heterocycles. The number of rotatable bonds is 3. The van der Waals surface area contributed by atoms with Gasteiger partial charge in [-0.3, -0.25) is 9.59 Å². The number of carbonyl (C=O) groups is 2. The van der Waals surface area contributed by atoms with Gasteiger partial charge in [0, 0.05) is 24.2 Å². The number of hydrogen-bond donors (Lipinski definition) is 0. The molecule has 2 atom stereocenters. The van der Waals surface area contributed by atoms with Crippen molar-refractivity contribution in [3.63, 3.8) is 0 Å². The summed E-state index contributed by atoms with van der Waals surface area (Å²) in [5.74, 6) is -0.00463. The highest BCUT2D eigenvalue weighted by Gasteiger charge is 2.29. The van der Waals surface area contributed by atoms with Crippen LogP contribution in [-0.4, -0.2) is 23.1 Å². The molecule has 1 aliphatic rings. The van der Waals surface area contributed by atoms with Crippen LogP contribution in [0.15, 0.2) is 18.2 Å². The van der Waals surface area contributed by atoms with Crippen molar-refractivity contribution < 1.29 is 9.59 Å². The van der Waals surface area contributed by atoms with Gasteiger partial charge < -0.3 is 4.90 Å². The number of fused-ring (bicyclic) bond motifs is 1. The van der Waals surface area contributed by atoms with E-state index in [9.17, 15) is 9.59 Å².